The molecule has 0 atom stereocenters. The molecule has 1 N–H and O–H groups in total. The first-order valence-electron chi connectivity index (χ1n) is 9.52. The van der Waals surface area contributed by atoms with Gasteiger partial charge in [0.1, 0.15) is 18.1 Å². The van der Waals surface area contributed by atoms with E-state index in [0.717, 1.165) is 45.1 Å². The van der Waals surface area contributed by atoms with Crippen molar-refractivity contribution >= 4 is 5.69 Å². The number of phenols is 1. The summed E-state index contributed by atoms with van der Waals surface area (Å²) in [5.41, 5.74) is 3.88. The predicted octanol–water partition coefficient (Wildman–Crippen LogP) is 4.03. The minimum absolute atomic E-state index is 0.321. The maximum Gasteiger partial charge on any atom is 0.119 e. The molecule has 0 saturated carbocycles. The number of rotatable bonds is 6. The number of anilines is 1. The number of nitrogens with zero attached hydrogens (tertiary/aromatic N) is 2. The van der Waals surface area contributed by atoms with E-state index in [2.05, 4.69) is 48.8 Å². The summed E-state index contributed by atoms with van der Waals surface area (Å²) in [5, 5.41) is 9.41. The van der Waals surface area contributed by atoms with Crippen molar-refractivity contribution in [1.29, 1.82) is 0 Å². The van der Waals surface area contributed by atoms with Gasteiger partial charge >= 0.3 is 0 Å². The SMILES string of the molecule is Cc1cc(OCCN2CCN(c3ccc(O)cc3)CC2)ccc1C(C)C. The standard InChI is InChI=1S/C22H30N2O2/c1-17(2)22-9-8-21(16-18(22)3)26-15-14-23-10-12-24(13-11-23)19-4-6-20(25)7-5-19/h4-9,16-17,25H,10-15H2,1-3H3. The first-order valence-corrected chi connectivity index (χ1v) is 9.52. The molecule has 0 aromatic heterocycles. The molecule has 4 heteroatoms. The second-order valence-electron chi connectivity index (χ2n) is 7.37. The quantitative estimate of drug-likeness (QED) is 0.850. The van der Waals surface area contributed by atoms with Gasteiger partial charge < -0.3 is 14.7 Å². The van der Waals surface area contributed by atoms with Crippen molar-refractivity contribution in [3.05, 3.63) is 53.6 Å². The maximum atomic E-state index is 9.41. The van der Waals surface area contributed by atoms with Crippen LogP contribution < -0.4 is 9.64 Å². The third-order valence-corrected chi connectivity index (χ3v) is 5.13. The van der Waals surface area contributed by atoms with Gasteiger partial charge in [-0.1, -0.05) is 19.9 Å². The summed E-state index contributed by atoms with van der Waals surface area (Å²) >= 11 is 0. The van der Waals surface area contributed by atoms with Crippen LogP contribution in [0.4, 0.5) is 5.69 Å². The number of hydrogen-bond acceptors (Lipinski definition) is 4. The molecule has 1 aliphatic rings. The van der Waals surface area contributed by atoms with E-state index in [1.165, 1.54) is 16.8 Å². The van der Waals surface area contributed by atoms with E-state index in [1.807, 2.05) is 12.1 Å². The molecule has 0 amide bonds. The molecule has 1 saturated heterocycles. The van der Waals surface area contributed by atoms with Gasteiger partial charge in [-0.15, -0.1) is 0 Å². The largest absolute Gasteiger partial charge is 0.508 e. The fourth-order valence-corrected chi connectivity index (χ4v) is 3.57. The van der Waals surface area contributed by atoms with E-state index in [1.54, 1.807) is 12.1 Å². The Labute approximate surface area is 157 Å². The Bertz CT molecular complexity index is 705. The van der Waals surface area contributed by atoms with Gasteiger partial charge in [0.15, 0.2) is 0 Å². The molecule has 0 aliphatic carbocycles. The van der Waals surface area contributed by atoms with Gasteiger partial charge in [-0.25, -0.2) is 0 Å². The molecule has 3 rings (SSSR count). The Morgan fingerprint density at radius 1 is 1.00 bits per heavy atom. The Morgan fingerprint density at radius 3 is 2.31 bits per heavy atom. The molecule has 2 aromatic carbocycles. The molecular formula is C22H30N2O2. The van der Waals surface area contributed by atoms with Crippen LogP contribution in [-0.4, -0.2) is 49.3 Å². The number of hydrogen-bond donors (Lipinski definition) is 1. The first kappa shape index (κ1) is 18.6. The lowest BCUT2D eigenvalue weighted by atomic mass is 9.98. The molecule has 0 unspecified atom stereocenters. The summed E-state index contributed by atoms with van der Waals surface area (Å²) in [7, 11) is 0. The number of benzene rings is 2. The highest BCUT2D eigenvalue weighted by molar-refractivity contribution is 5.49. The fourth-order valence-electron chi connectivity index (χ4n) is 3.57. The number of piperazine rings is 1. The monoisotopic (exact) mass is 354 g/mol. The molecule has 26 heavy (non-hydrogen) atoms. The van der Waals surface area contributed by atoms with Crippen molar-refractivity contribution in [1.82, 2.24) is 4.90 Å². The van der Waals surface area contributed by atoms with Crippen molar-refractivity contribution in [2.45, 2.75) is 26.7 Å². The highest BCUT2D eigenvalue weighted by Gasteiger charge is 2.17. The number of phenolic OH excluding ortho intramolecular Hbond substituents is 1. The normalized spacial score (nSPS) is 15.5. The summed E-state index contributed by atoms with van der Waals surface area (Å²) in [4.78, 5) is 4.82. The second kappa shape index (κ2) is 8.45. The van der Waals surface area contributed by atoms with Crippen LogP contribution in [0.2, 0.25) is 0 Å². The van der Waals surface area contributed by atoms with Gasteiger partial charge in [0.25, 0.3) is 0 Å². The summed E-state index contributed by atoms with van der Waals surface area (Å²) in [6.45, 7) is 12.4. The zero-order chi connectivity index (χ0) is 18.5. The van der Waals surface area contributed by atoms with Crippen LogP contribution in [0.15, 0.2) is 42.5 Å². The second-order valence-corrected chi connectivity index (χ2v) is 7.37. The summed E-state index contributed by atoms with van der Waals surface area (Å²) in [6.07, 6.45) is 0. The minimum atomic E-state index is 0.321. The van der Waals surface area contributed by atoms with E-state index < -0.39 is 0 Å². The number of aryl methyl sites for hydroxylation is 1. The lowest BCUT2D eigenvalue weighted by molar-refractivity contribution is 0.200. The molecule has 140 valence electrons. The molecule has 4 nitrogen and oxygen atoms in total. The molecule has 0 radical (unpaired) electrons. The maximum absolute atomic E-state index is 9.41. The van der Waals surface area contributed by atoms with Gasteiger partial charge in [0.2, 0.25) is 0 Å². The Morgan fingerprint density at radius 2 is 1.69 bits per heavy atom. The molecule has 1 aliphatic heterocycles. The van der Waals surface area contributed by atoms with Crippen molar-refractivity contribution < 1.29 is 9.84 Å². The first-order chi connectivity index (χ1) is 12.5. The zero-order valence-corrected chi connectivity index (χ0v) is 16.1. The van der Waals surface area contributed by atoms with Gasteiger partial charge in [0, 0.05) is 38.4 Å². The van der Waals surface area contributed by atoms with E-state index in [0.29, 0.717) is 11.7 Å². The summed E-state index contributed by atoms with van der Waals surface area (Å²) < 4.78 is 5.97. The van der Waals surface area contributed by atoms with Crippen LogP contribution in [0, 0.1) is 6.92 Å². The average Bonchev–Trinajstić information content (AvgIpc) is 2.63. The molecule has 2 aromatic rings. The van der Waals surface area contributed by atoms with Crippen LogP contribution in [0.3, 0.4) is 0 Å². The average molecular weight is 354 g/mol. The highest BCUT2D eigenvalue weighted by atomic mass is 16.5. The lowest BCUT2D eigenvalue weighted by Crippen LogP contribution is -2.47. The third-order valence-electron chi connectivity index (χ3n) is 5.13. The van der Waals surface area contributed by atoms with Crippen molar-refractivity contribution in [3.63, 3.8) is 0 Å². The van der Waals surface area contributed by atoms with Crippen LogP contribution in [-0.2, 0) is 0 Å². The Balaban J connectivity index is 1.43. The van der Waals surface area contributed by atoms with Gasteiger partial charge in [0.05, 0.1) is 0 Å². The number of aromatic hydroxyl groups is 1. The predicted molar refractivity (Wildman–Crippen MR) is 108 cm³/mol. The van der Waals surface area contributed by atoms with Crippen LogP contribution in [0.1, 0.15) is 30.9 Å². The van der Waals surface area contributed by atoms with Gasteiger partial charge in [-0.05, 0) is 60.4 Å². The minimum Gasteiger partial charge on any atom is -0.508 e. The highest BCUT2D eigenvalue weighted by Crippen LogP contribution is 2.23. The third kappa shape index (κ3) is 4.70. The van der Waals surface area contributed by atoms with Crippen LogP contribution >= 0.6 is 0 Å². The lowest BCUT2D eigenvalue weighted by Gasteiger charge is -2.36. The van der Waals surface area contributed by atoms with Gasteiger partial charge in [-0.3, -0.25) is 4.90 Å². The number of ether oxygens (including phenoxy) is 1. The van der Waals surface area contributed by atoms with Crippen molar-refractivity contribution in [2.24, 2.45) is 0 Å². The molecule has 1 heterocycles. The van der Waals surface area contributed by atoms with E-state index in [4.69, 9.17) is 4.74 Å². The van der Waals surface area contributed by atoms with E-state index >= 15 is 0 Å². The zero-order valence-electron chi connectivity index (χ0n) is 16.1. The molecule has 1 fully saturated rings. The summed E-state index contributed by atoms with van der Waals surface area (Å²) in [5.74, 6) is 1.84. The topological polar surface area (TPSA) is 35.9 Å². The Hall–Kier alpha value is -2.20. The molecule has 0 spiro atoms. The van der Waals surface area contributed by atoms with Gasteiger partial charge in [-0.2, -0.15) is 0 Å². The van der Waals surface area contributed by atoms with Crippen LogP contribution in [0.5, 0.6) is 11.5 Å². The van der Waals surface area contributed by atoms with E-state index in [9.17, 15) is 5.11 Å². The summed E-state index contributed by atoms with van der Waals surface area (Å²) in [6, 6.07) is 13.9. The smallest absolute Gasteiger partial charge is 0.119 e. The fraction of sp³-hybridized carbons (Fsp3) is 0.455. The van der Waals surface area contributed by atoms with Crippen molar-refractivity contribution in [3.8, 4) is 11.5 Å². The molecule has 0 bridgehead atoms. The van der Waals surface area contributed by atoms with E-state index in [-0.39, 0.29) is 0 Å². The van der Waals surface area contributed by atoms with Crippen molar-refractivity contribution in [2.75, 3.05) is 44.2 Å². The van der Waals surface area contributed by atoms with Crippen LogP contribution in [0.25, 0.3) is 0 Å². The Kier molecular flexibility index (Phi) is 6.04. The molecular weight excluding hydrogens is 324 g/mol.